The molecule has 0 aliphatic heterocycles. The first kappa shape index (κ1) is 19.0. The van der Waals surface area contributed by atoms with Gasteiger partial charge in [0.25, 0.3) is 5.56 Å². The molecule has 106 valence electrons. The molecular weight excluding hydrogens is 281 g/mol. The molecule has 0 amide bonds. The van der Waals surface area contributed by atoms with Crippen molar-refractivity contribution < 1.29 is 50.0 Å². The van der Waals surface area contributed by atoms with E-state index >= 15 is 0 Å². The molecule has 20 heavy (non-hydrogen) atoms. The van der Waals surface area contributed by atoms with Gasteiger partial charge in [0.2, 0.25) is 5.95 Å². The standard InChI is InChI=1S/C9H13N5O4.Na.H2O/c10-9-12-7-6(8(17)13-9)11-3-14(7)4-18-5(1-15)2-16;;/h3,5,15-16H,1-2,4H2,(H3,10,12,13,17);;1H2/q;+1;/p-1. The van der Waals surface area contributed by atoms with Gasteiger partial charge >= 0.3 is 29.6 Å². The van der Waals surface area contributed by atoms with Gasteiger partial charge in [0.05, 0.1) is 19.5 Å². The molecule has 0 atom stereocenters. The number of aliphatic hydroxyl groups excluding tert-OH is 2. The van der Waals surface area contributed by atoms with Crippen LogP contribution in [0.1, 0.15) is 0 Å². The Morgan fingerprint density at radius 1 is 1.45 bits per heavy atom. The minimum absolute atomic E-state index is 0. The zero-order valence-electron chi connectivity index (χ0n) is 10.9. The molecule has 2 aromatic rings. The number of nitrogens with two attached hydrogens (primary N) is 1. The number of aromatic amines is 1. The van der Waals surface area contributed by atoms with E-state index in [2.05, 4.69) is 15.0 Å². The molecule has 2 aromatic heterocycles. The van der Waals surface area contributed by atoms with Gasteiger partial charge in [-0.05, 0) is 0 Å². The molecule has 2 heterocycles. The number of nitrogens with one attached hydrogen (secondary N) is 1. The van der Waals surface area contributed by atoms with Gasteiger partial charge in [-0.3, -0.25) is 14.3 Å². The second-order valence-electron chi connectivity index (χ2n) is 3.62. The Morgan fingerprint density at radius 3 is 2.70 bits per heavy atom. The Labute approximate surface area is 135 Å². The predicted molar refractivity (Wildman–Crippen MR) is 63.5 cm³/mol. The molecule has 11 heteroatoms. The maximum absolute atomic E-state index is 11.5. The average Bonchev–Trinajstić information content (AvgIpc) is 2.74. The second kappa shape index (κ2) is 8.32. The Kier molecular flexibility index (Phi) is 7.90. The quantitative estimate of drug-likeness (QED) is 0.397. The van der Waals surface area contributed by atoms with E-state index < -0.39 is 11.7 Å². The van der Waals surface area contributed by atoms with Crippen molar-refractivity contribution >= 4 is 17.1 Å². The number of imidazole rings is 1. The Morgan fingerprint density at radius 2 is 2.10 bits per heavy atom. The summed E-state index contributed by atoms with van der Waals surface area (Å²) in [6.07, 6.45) is 0.680. The largest absolute Gasteiger partial charge is 1.00 e. The molecule has 0 aliphatic carbocycles. The van der Waals surface area contributed by atoms with Gasteiger partial charge in [-0.25, -0.2) is 4.98 Å². The van der Waals surface area contributed by atoms with Gasteiger partial charge in [0, 0.05) is 0 Å². The number of hydrogen-bond donors (Lipinski definition) is 4. The summed E-state index contributed by atoms with van der Waals surface area (Å²) in [6, 6.07) is 0. The van der Waals surface area contributed by atoms with Crippen LogP contribution in [-0.4, -0.2) is 54.5 Å². The minimum atomic E-state index is -0.693. The molecule has 2 rings (SSSR count). The average molecular weight is 295 g/mol. The molecule has 6 N–H and O–H groups in total. The Bertz CT molecular complexity index is 596. The number of nitrogen functional groups attached to an aromatic ring is 1. The van der Waals surface area contributed by atoms with Crippen molar-refractivity contribution in [2.45, 2.75) is 12.8 Å². The first-order valence-electron chi connectivity index (χ1n) is 5.19. The zero-order valence-corrected chi connectivity index (χ0v) is 12.9. The van der Waals surface area contributed by atoms with Crippen LogP contribution in [0.2, 0.25) is 0 Å². The summed E-state index contributed by atoms with van der Waals surface area (Å²) in [5.41, 5.74) is 5.43. The number of rotatable bonds is 5. The van der Waals surface area contributed by atoms with E-state index in [1.165, 1.54) is 10.9 Å². The van der Waals surface area contributed by atoms with E-state index in [9.17, 15) is 4.79 Å². The van der Waals surface area contributed by atoms with Crippen LogP contribution < -0.4 is 40.9 Å². The van der Waals surface area contributed by atoms with E-state index in [0.29, 0.717) is 0 Å². The minimum Gasteiger partial charge on any atom is -0.870 e. The number of anilines is 1. The smallest absolute Gasteiger partial charge is 0.870 e. The fourth-order valence-electron chi connectivity index (χ4n) is 1.41. The van der Waals surface area contributed by atoms with Crippen LogP contribution in [0.25, 0.3) is 11.2 Å². The first-order valence-corrected chi connectivity index (χ1v) is 5.19. The topological polar surface area (TPSA) is 169 Å². The number of fused-ring (bicyclic) bond motifs is 1. The van der Waals surface area contributed by atoms with Crippen LogP contribution >= 0.6 is 0 Å². The maximum atomic E-state index is 11.5. The molecule has 0 spiro atoms. The fraction of sp³-hybridized carbons (Fsp3) is 0.444. The van der Waals surface area contributed by atoms with Gasteiger partial charge in [0.1, 0.15) is 12.8 Å². The molecule has 0 unspecified atom stereocenters. The normalized spacial score (nSPS) is 10.3. The third-order valence-electron chi connectivity index (χ3n) is 2.35. The molecular formula is C9H14N5NaO5. The predicted octanol–water partition coefficient (Wildman–Crippen LogP) is -5.14. The number of aliphatic hydroxyl groups is 2. The van der Waals surface area contributed by atoms with E-state index in [4.69, 9.17) is 20.7 Å². The Balaban J connectivity index is 0.00000180. The first-order chi connectivity index (χ1) is 8.65. The molecule has 0 saturated heterocycles. The summed E-state index contributed by atoms with van der Waals surface area (Å²) in [5, 5.41) is 17.7. The summed E-state index contributed by atoms with van der Waals surface area (Å²) < 4.78 is 6.66. The van der Waals surface area contributed by atoms with E-state index in [-0.39, 0.29) is 72.1 Å². The van der Waals surface area contributed by atoms with Crippen LogP contribution in [0, 0.1) is 0 Å². The van der Waals surface area contributed by atoms with Crippen molar-refractivity contribution in [3.05, 3.63) is 16.7 Å². The zero-order chi connectivity index (χ0) is 13.1. The van der Waals surface area contributed by atoms with Crippen molar-refractivity contribution in [1.82, 2.24) is 19.5 Å². The third kappa shape index (κ3) is 3.99. The van der Waals surface area contributed by atoms with Crippen molar-refractivity contribution in [3.8, 4) is 0 Å². The molecule has 0 radical (unpaired) electrons. The van der Waals surface area contributed by atoms with Crippen molar-refractivity contribution in [2.75, 3.05) is 18.9 Å². The molecule has 0 saturated carbocycles. The van der Waals surface area contributed by atoms with Crippen LogP contribution in [0.5, 0.6) is 0 Å². The molecule has 0 aliphatic rings. The number of hydrogen-bond acceptors (Lipinski definition) is 8. The maximum Gasteiger partial charge on any atom is 1.00 e. The van der Waals surface area contributed by atoms with Gasteiger partial charge in [-0.1, -0.05) is 0 Å². The van der Waals surface area contributed by atoms with Gasteiger partial charge in [-0.15, -0.1) is 0 Å². The summed E-state index contributed by atoms with van der Waals surface area (Å²) >= 11 is 0. The summed E-state index contributed by atoms with van der Waals surface area (Å²) in [4.78, 5) is 21.6. The number of nitrogens with zero attached hydrogens (tertiary/aromatic N) is 3. The summed E-state index contributed by atoms with van der Waals surface area (Å²) in [5.74, 6) is -0.0184. The van der Waals surface area contributed by atoms with E-state index in [0.717, 1.165) is 0 Å². The molecule has 0 fully saturated rings. The second-order valence-corrected chi connectivity index (χ2v) is 3.62. The van der Waals surface area contributed by atoms with Crippen LogP contribution in [-0.2, 0) is 11.5 Å². The number of aromatic nitrogens is 4. The van der Waals surface area contributed by atoms with Gasteiger partial charge < -0.3 is 26.2 Å². The van der Waals surface area contributed by atoms with Crippen molar-refractivity contribution in [2.24, 2.45) is 0 Å². The van der Waals surface area contributed by atoms with Crippen LogP contribution in [0.3, 0.4) is 0 Å². The summed E-state index contributed by atoms with van der Waals surface area (Å²) in [7, 11) is 0. The monoisotopic (exact) mass is 295 g/mol. The number of H-pyrrole nitrogens is 1. The fourth-order valence-corrected chi connectivity index (χ4v) is 1.41. The van der Waals surface area contributed by atoms with Gasteiger partial charge in [0.15, 0.2) is 11.2 Å². The molecule has 10 nitrogen and oxygen atoms in total. The van der Waals surface area contributed by atoms with Gasteiger partial charge in [-0.2, -0.15) is 4.98 Å². The van der Waals surface area contributed by atoms with Crippen molar-refractivity contribution in [1.29, 1.82) is 0 Å². The molecule has 0 aromatic carbocycles. The van der Waals surface area contributed by atoms with Crippen LogP contribution in [0.15, 0.2) is 11.1 Å². The third-order valence-corrected chi connectivity index (χ3v) is 2.35. The van der Waals surface area contributed by atoms with E-state index in [1.54, 1.807) is 0 Å². The summed E-state index contributed by atoms with van der Waals surface area (Å²) in [6.45, 7) is -0.614. The SMILES string of the molecule is Nc1nc2c(ncn2COC(CO)CO)c(=O)[nH]1.[Na+].[OH-]. The Hall–Kier alpha value is -1.01. The van der Waals surface area contributed by atoms with Crippen molar-refractivity contribution in [3.63, 3.8) is 0 Å². The molecule has 0 bridgehead atoms. The number of ether oxygens (including phenoxy) is 1. The van der Waals surface area contributed by atoms with E-state index in [1.807, 2.05) is 0 Å². The van der Waals surface area contributed by atoms with Crippen LogP contribution in [0.4, 0.5) is 5.95 Å².